The lowest BCUT2D eigenvalue weighted by atomic mass is 10.2. The first-order chi connectivity index (χ1) is 14.4. The smallest absolute Gasteiger partial charge is 0.243 e. The van der Waals surface area contributed by atoms with Crippen molar-refractivity contribution in [2.24, 2.45) is 0 Å². The van der Waals surface area contributed by atoms with Crippen LogP contribution in [0.15, 0.2) is 57.2 Å². The first-order valence-electron chi connectivity index (χ1n) is 9.34. The maximum Gasteiger partial charge on any atom is 0.243 e. The quantitative estimate of drug-likeness (QED) is 0.614. The molecule has 0 aromatic heterocycles. The molecule has 2 aromatic rings. The summed E-state index contributed by atoms with van der Waals surface area (Å²) < 4.78 is 79.7. The molecule has 9 nitrogen and oxygen atoms in total. The van der Waals surface area contributed by atoms with E-state index in [9.17, 15) is 25.3 Å². The predicted octanol–water partition coefficient (Wildman–Crippen LogP) is 1.13. The van der Waals surface area contributed by atoms with Crippen LogP contribution >= 0.6 is 0 Å². The number of ether oxygens (including phenoxy) is 1. The molecule has 1 N–H and O–H groups in total. The highest BCUT2D eigenvalue weighted by molar-refractivity contribution is 7.91. The summed E-state index contributed by atoms with van der Waals surface area (Å²) in [7, 11) is -10.8. The topological polar surface area (TPSA) is 127 Å². The third-order valence-electron chi connectivity index (χ3n) is 4.79. The van der Waals surface area contributed by atoms with Crippen LogP contribution in [0.4, 0.5) is 5.69 Å². The van der Waals surface area contributed by atoms with E-state index in [1.54, 1.807) is 12.1 Å². The van der Waals surface area contributed by atoms with Gasteiger partial charge in [-0.15, -0.1) is 0 Å². The number of sulfonamides is 1. The van der Waals surface area contributed by atoms with E-state index >= 15 is 0 Å². The second kappa shape index (κ2) is 8.87. The van der Waals surface area contributed by atoms with Crippen molar-refractivity contribution < 1.29 is 30.0 Å². The van der Waals surface area contributed by atoms with Crippen molar-refractivity contribution in [3.8, 4) is 0 Å². The Labute approximate surface area is 182 Å². The number of hydrogen-bond acceptors (Lipinski definition) is 8. The Bertz CT molecular complexity index is 1260. The van der Waals surface area contributed by atoms with Gasteiger partial charge in [-0.3, -0.25) is 0 Å². The van der Waals surface area contributed by atoms with Gasteiger partial charge in [0.1, 0.15) is 0 Å². The number of nitrogens with one attached hydrogen (secondary N) is 1. The van der Waals surface area contributed by atoms with Crippen molar-refractivity contribution in [2.45, 2.75) is 21.2 Å². The Kier molecular flexibility index (Phi) is 6.77. The minimum Gasteiger partial charge on any atom is -0.380 e. The molecule has 0 unspecified atom stereocenters. The standard InChI is InChI=1S/C19H24N2O7S3/c1-29(22,23)17-7-8-18(19(13-17)30(2,24)25)20-14-15-3-5-16(6-4-15)31(26,27)21-9-11-28-12-10-21/h3-8,13,20H,9-12,14H2,1-2H3. The average molecular weight is 489 g/mol. The monoisotopic (exact) mass is 488 g/mol. The zero-order valence-electron chi connectivity index (χ0n) is 17.1. The molecule has 0 bridgehead atoms. The van der Waals surface area contributed by atoms with Crippen LogP contribution in [0.1, 0.15) is 5.56 Å². The third kappa shape index (κ3) is 5.63. The Hall–Kier alpha value is -1.99. The largest absolute Gasteiger partial charge is 0.380 e. The second-order valence-electron chi connectivity index (χ2n) is 7.22. The molecule has 3 rings (SSSR count). The molecule has 2 aromatic carbocycles. The number of nitrogens with zero attached hydrogens (tertiary/aromatic N) is 1. The minimum absolute atomic E-state index is 0.0869. The Morgan fingerprint density at radius 3 is 1.97 bits per heavy atom. The van der Waals surface area contributed by atoms with Crippen molar-refractivity contribution in [3.63, 3.8) is 0 Å². The lowest BCUT2D eigenvalue weighted by Gasteiger charge is -2.26. The van der Waals surface area contributed by atoms with E-state index in [2.05, 4.69) is 5.32 Å². The zero-order valence-corrected chi connectivity index (χ0v) is 19.6. The molecule has 0 atom stereocenters. The van der Waals surface area contributed by atoms with E-state index in [-0.39, 0.29) is 26.9 Å². The van der Waals surface area contributed by atoms with Crippen LogP contribution in [0.2, 0.25) is 0 Å². The molecule has 0 amide bonds. The molecule has 170 valence electrons. The summed E-state index contributed by atoms with van der Waals surface area (Å²) in [4.78, 5) is -0.0365. The predicted molar refractivity (Wildman–Crippen MR) is 116 cm³/mol. The fraction of sp³-hybridized carbons (Fsp3) is 0.368. The highest BCUT2D eigenvalue weighted by Gasteiger charge is 2.26. The molecule has 1 heterocycles. The number of hydrogen-bond donors (Lipinski definition) is 1. The number of anilines is 1. The molecule has 0 saturated carbocycles. The van der Waals surface area contributed by atoms with Gasteiger partial charge in [0.05, 0.1) is 33.6 Å². The lowest BCUT2D eigenvalue weighted by Crippen LogP contribution is -2.40. The Morgan fingerprint density at radius 1 is 0.839 bits per heavy atom. The summed E-state index contributed by atoms with van der Waals surface area (Å²) in [6, 6.07) is 10.2. The molecule has 0 aliphatic carbocycles. The van der Waals surface area contributed by atoms with E-state index in [0.29, 0.717) is 26.3 Å². The molecule has 0 radical (unpaired) electrons. The van der Waals surface area contributed by atoms with Crippen molar-refractivity contribution in [2.75, 3.05) is 44.1 Å². The highest BCUT2D eigenvalue weighted by Crippen LogP contribution is 2.26. The van der Waals surface area contributed by atoms with Gasteiger partial charge in [0.15, 0.2) is 19.7 Å². The van der Waals surface area contributed by atoms with Crippen molar-refractivity contribution in [1.29, 1.82) is 0 Å². The van der Waals surface area contributed by atoms with Gasteiger partial charge in [0.2, 0.25) is 10.0 Å². The maximum absolute atomic E-state index is 12.7. The van der Waals surface area contributed by atoms with E-state index in [0.717, 1.165) is 24.1 Å². The summed E-state index contributed by atoms with van der Waals surface area (Å²) in [5.74, 6) is 0. The van der Waals surface area contributed by atoms with Crippen LogP contribution in [-0.2, 0) is 41.0 Å². The SMILES string of the molecule is CS(=O)(=O)c1ccc(NCc2ccc(S(=O)(=O)N3CCOCC3)cc2)c(S(C)(=O)=O)c1. The van der Waals surface area contributed by atoms with Crippen LogP contribution in [0.25, 0.3) is 0 Å². The summed E-state index contributed by atoms with van der Waals surface area (Å²) in [6.07, 6.45) is 2.01. The number of benzene rings is 2. The zero-order chi connectivity index (χ0) is 22.9. The fourth-order valence-corrected chi connectivity index (χ4v) is 6.11. The second-order valence-corrected chi connectivity index (χ2v) is 13.2. The first-order valence-corrected chi connectivity index (χ1v) is 14.6. The molecular formula is C19H24N2O7S3. The Morgan fingerprint density at radius 2 is 1.42 bits per heavy atom. The van der Waals surface area contributed by atoms with Gasteiger partial charge in [-0.2, -0.15) is 4.31 Å². The first kappa shape index (κ1) is 23.7. The molecule has 12 heteroatoms. The highest BCUT2D eigenvalue weighted by atomic mass is 32.2. The molecule has 1 aliphatic heterocycles. The number of rotatable bonds is 7. The van der Waals surface area contributed by atoms with Crippen molar-refractivity contribution in [3.05, 3.63) is 48.0 Å². The maximum atomic E-state index is 12.7. The summed E-state index contributed by atoms with van der Waals surface area (Å²) in [6.45, 7) is 1.56. The van der Waals surface area contributed by atoms with Gasteiger partial charge >= 0.3 is 0 Å². The van der Waals surface area contributed by atoms with E-state index in [1.807, 2.05) is 0 Å². The van der Waals surface area contributed by atoms with Crippen LogP contribution in [0.3, 0.4) is 0 Å². The third-order valence-corrected chi connectivity index (χ3v) is 8.95. The van der Waals surface area contributed by atoms with Gasteiger partial charge < -0.3 is 10.1 Å². The molecule has 0 spiro atoms. The number of sulfone groups is 2. The van der Waals surface area contributed by atoms with Crippen LogP contribution < -0.4 is 5.32 Å². The van der Waals surface area contributed by atoms with Gasteiger partial charge in [-0.25, -0.2) is 25.3 Å². The van der Waals surface area contributed by atoms with Gasteiger partial charge in [0, 0.05) is 32.1 Å². The molecule has 1 fully saturated rings. The Balaban J connectivity index is 1.79. The van der Waals surface area contributed by atoms with E-state index < -0.39 is 29.7 Å². The molecule has 1 aliphatic rings. The average Bonchev–Trinajstić information content (AvgIpc) is 2.71. The summed E-state index contributed by atoms with van der Waals surface area (Å²) in [5.41, 5.74) is 0.993. The van der Waals surface area contributed by atoms with E-state index in [4.69, 9.17) is 4.74 Å². The minimum atomic E-state index is -3.68. The van der Waals surface area contributed by atoms with E-state index in [1.165, 1.54) is 28.6 Å². The number of morpholine rings is 1. The van der Waals surface area contributed by atoms with Crippen LogP contribution in [-0.4, -0.2) is 68.4 Å². The summed E-state index contributed by atoms with van der Waals surface area (Å²) >= 11 is 0. The molecule has 31 heavy (non-hydrogen) atoms. The normalized spacial score (nSPS) is 16.2. The van der Waals surface area contributed by atoms with Gasteiger partial charge in [0.25, 0.3) is 0 Å². The molecule has 1 saturated heterocycles. The van der Waals surface area contributed by atoms with Gasteiger partial charge in [-0.05, 0) is 35.9 Å². The van der Waals surface area contributed by atoms with Crippen molar-refractivity contribution in [1.82, 2.24) is 4.31 Å². The van der Waals surface area contributed by atoms with Crippen molar-refractivity contribution >= 4 is 35.4 Å². The molecular weight excluding hydrogens is 464 g/mol. The fourth-order valence-electron chi connectivity index (χ4n) is 3.10. The summed E-state index contributed by atoms with van der Waals surface area (Å²) in [5, 5.41) is 2.99. The van der Waals surface area contributed by atoms with Gasteiger partial charge in [-0.1, -0.05) is 12.1 Å². The van der Waals surface area contributed by atoms with Crippen LogP contribution in [0.5, 0.6) is 0 Å². The van der Waals surface area contributed by atoms with Crippen LogP contribution in [0, 0.1) is 0 Å². The lowest BCUT2D eigenvalue weighted by molar-refractivity contribution is 0.0730.